The van der Waals surface area contributed by atoms with Gasteiger partial charge in [0.05, 0.1) is 21.2 Å². The van der Waals surface area contributed by atoms with Crippen molar-refractivity contribution in [3.8, 4) is 0 Å². The summed E-state index contributed by atoms with van der Waals surface area (Å²) in [6.45, 7) is 4.10. The van der Waals surface area contributed by atoms with E-state index in [4.69, 9.17) is 23.2 Å². The van der Waals surface area contributed by atoms with Gasteiger partial charge in [-0.05, 0) is 62.1 Å². The summed E-state index contributed by atoms with van der Waals surface area (Å²) < 4.78 is 81.6. The van der Waals surface area contributed by atoms with Crippen molar-refractivity contribution in [1.29, 1.82) is 0 Å². The maximum Gasteiger partial charge on any atom is 0.416 e. The molecule has 2 atom stereocenters. The number of halogens is 8. The molecule has 2 unspecified atom stereocenters. The van der Waals surface area contributed by atoms with E-state index in [9.17, 15) is 40.7 Å². The fourth-order valence-corrected chi connectivity index (χ4v) is 6.53. The molecule has 2 heterocycles. The first-order chi connectivity index (χ1) is 21.4. The topological polar surface area (TPSA) is 64.2 Å². The molecular weight excluding hydrogens is 661 g/mol. The minimum Gasteiger partial charge on any atom is -0.343 e. The maximum absolute atomic E-state index is 13.9. The quantitative estimate of drug-likeness (QED) is 0.304. The van der Waals surface area contributed by atoms with Gasteiger partial charge in [-0.3, -0.25) is 14.5 Å². The van der Waals surface area contributed by atoms with Gasteiger partial charge in [-0.1, -0.05) is 29.3 Å². The summed E-state index contributed by atoms with van der Waals surface area (Å²) >= 11 is 12.5. The molecule has 46 heavy (non-hydrogen) atoms. The summed E-state index contributed by atoms with van der Waals surface area (Å²) in [5, 5.41) is 0.528. The second kappa shape index (κ2) is 13.9. The first-order valence-electron chi connectivity index (χ1n) is 14.7. The van der Waals surface area contributed by atoms with Crippen LogP contribution in [0.25, 0.3) is 0 Å². The second-order valence-corrected chi connectivity index (χ2v) is 12.4. The largest absolute Gasteiger partial charge is 0.416 e. The summed E-state index contributed by atoms with van der Waals surface area (Å²) in [6, 6.07) is 4.58. The smallest absolute Gasteiger partial charge is 0.343 e. The van der Waals surface area contributed by atoms with Crippen LogP contribution in [0.5, 0.6) is 0 Å². The Morgan fingerprint density at radius 1 is 0.848 bits per heavy atom. The molecule has 0 N–H and O–H groups in total. The van der Waals surface area contributed by atoms with E-state index in [2.05, 4.69) is 0 Å². The van der Waals surface area contributed by atoms with Crippen LogP contribution in [-0.4, -0.2) is 78.4 Å². The third-order valence-corrected chi connectivity index (χ3v) is 9.52. The van der Waals surface area contributed by atoms with Crippen LogP contribution in [0.2, 0.25) is 10.0 Å². The normalized spacial score (nSPS) is 19.6. The van der Waals surface area contributed by atoms with Crippen LogP contribution in [0.4, 0.5) is 36.8 Å². The summed E-state index contributed by atoms with van der Waals surface area (Å²) in [5.41, 5.74) is -2.94. The molecule has 2 aliphatic heterocycles. The minimum atomic E-state index is -5.08. The van der Waals surface area contributed by atoms with Crippen molar-refractivity contribution in [2.75, 3.05) is 44.7 Å². The molecule has 0 spiro atoms. The zero-order valence-corrected chi connectivity index (χ0v) is 26.9. The van der Waals surface area contributed by atoms with E-state index < -0.39 is 47.2 Å². The lowest BCUT2D eigenvalue weighted by atomic mass is 9.84. The number of likely N-dealkylation sites (N-methyl/N-ethyl adjacent to an activating group) is 1. The van der Waals surface area contributed by atoms with Gasteiger partial charge in [0.2, 0.25) is 11.8 Å². The molecule has 4 rings (SSSR count). The van der Waals surface area contributed by atoms with Crippen LogP contribution < -0.4 is 4.90 Å². The molecule has 0 bridgehead atoms. The van der Waals surface area contributed by atoms with Gasteiger partial charge in [-0.2, -0.15) is 26.3 Å². The molecule has 2 saturated heterocycles. The predicted molar refractivity (Wildman–Crippen MR) is 162 cm³/mol. The van der Waals surface area contributed by atoms with Gasteiger partial charge in [0.25, 0.3) is 0 Å². The van der Waals surface area contributed by atoms with E-state index in [0.29, 0.717) is 43.6 Å². The fourth-order valence-electron chi connectivity index (χ4n) is 6.23. The van der Waals surface area contributed by atoms with Crippen LogP contribution >= 0.6 is 23.2 Å². The van der Waals surface area contributed by atoms with Crippen LogP contribution in [0, 0.1) is 5.92 Å². The number of nitrogens with zero attached hydrogens (tertiary/aromatic N) is 4. The van der Waals surface area contributed by atoms with Crippen molar-refractivity contribution in [3.63, 3.8) is 0 Å². The average Bonchev–Trinajstić information content (AvgIpc) is 3.00. The van der Waals surface area contributed by atoms with E-state index in [1.807, 2.05) is 0 Å². The van der Waals surface area contributed by atoms with E-state index in [1.54, 1.807) is 28.0 Å². The number of piperidine rings is 2. The Labute approximate surface area is 273 Å². The van der Waals surface area contributed by atoms with Crippen molar-refractivity contribution in [2.24, 2.45) is 5.92 Å². The molecule has 0 radical (unpaired) electrons. The Morgan fingerprint density at radius 2 is 1.41 bits per heavy atom. The molecule has 0 saturated carbocycles. The fraction of sp³-hybridized carbons (Fsp3) is 0.516. The summed E-state index contributed by atoms with van der Waals surface area (Å²) in [6.07, 6.45) is -8.86. The Hall–Kier alpha value is -3.19. The molecule has 7 nitrogen and oxygen atoms in total. The van der Waals surface area contributed by atoms with Crippen molar-refractivity contribution in [1.82, 2.24) is 14.7 Å². The molecule has 2 aliphatic rings. The number of likely N-dealkylation sites (tertiary alicyclic amines) is 2. The first-order valence-corrected chi connectivity index (χ1v) is 15.5. The third-order valence-electron chi connectivity index (χ3n) is 8.78. The number of amides is 4. The Balaban J connectivity index is 1.64. The lowest BCUT2D eigenvalue weighted by Gasteiger charge is -2.45. The molecule has 2 fully saturated rings. The zero-order valence-electron chi connectivity index (χ0n) is 25.4. The summed E-state index contributed by atoms with van der Waals surface area (Å²) in [7, 11) is 1.44. The van der Waals surface area contributed by atoms with Crippen LogP contribution in [0.1, 0.15) is 55.7 Å². The van der Waals surface area contributed by atoms with E-state index in [0.717, 1.165) is 4.90 Å². The number of alkyl halides is 6. The number of urea groups is 1. The first kappa shape index (κ1) is 35.7. The molecule has 252 valence electrons. The highest BCUT2D eigenvalue weighted by atomic mass is 35.5. The number of anilines is 1. The number of carbonyl (C=O) groups is 3. The van der Waals surface area contributed by atoms with Crippen molar-refractivity contribution in [3.05, 3.63) is 63.1 Å². The average molecular weight is 696 g/mol. The summed E-state index contributed by atoms with van der Waals surface area (Å²) in [4.78, 5) is 44.8. The maximum atomic E-state index is 13.9. The van der Waals surface area contributed by atoms with Gasteiger partial charge in [0, 0.05) is 70.3 Å². The lowest BCUT2D eigenvalue weighted by Crippen LogP contribution is -2.55. The second-order valence-electron chi connectivity index (χ2n) is 11.6. The van der Waals surface area contributed by atoms with Crippen LogP contribution in [0.3, 0.4) is 0 Å². The van der Waals surface area contributed by atoms with Gasteiger partial charge >= 0.3 is 18.4 Å². The van der Waals surface area contributed by atoms with E-state index in [1.165, 1.54) is 25.8 Å². The zero-order chi connectivity index (χ0) is 34.1. The van der Waals surface area contributed by atoms with Gasteiger partial charge in [0.1, 0.15) is 0 Å². The SMILES string of the molecule is CCN(C(=O)N(C)C1CCN(C(=O)C2CCN(C(C)=O)CC2)CC1c1ccc(Cl)c(Cl)c1)c1cc(C(F)(F)F)cc(C(F)(F)F)c1. The number of hydrogen-bond donors (Lipinski definition) is 0. The molecule has 15 heteroatoms. The molecule has 2 aromatic carbocycles. The molecule has 0 aromatic heterocycles. The molecular formula is C31H34Cl2F6N4O3. The van der Waals surface area contributed by atoms with Gasteiger partial charge < -0.3 is 14.7 Å². The summed E-state index contributed by atoms with van der Waals surface area (Å²) in [5.74, 6) is -0.940. The van der Waals surface area contributed by atoms with E-state index >= 15 is 0 Å². The van der Waals surface area contributed by atoms with Crippen LogP contribution in [-0.2, 0) is 21.9 Å². The molecule has 2 aromatic rings. The highest BCUT2D eigenvalue weighted by Crippen LogP contribution is 2.40. The van der Waals surface area contributed by atoms with Crippen molar-refractivity contribution >= 4 is 46.7 Å². The third kappa shape index (κ3) is 7.84. The van der Waals surface area contributed by atoms with Crippen LogP contribution in [0.15, 0.2) is 36.4 Å². The molecule has 0 aliphatic carbocycles. The van der Waals surface area contributed by atoms with Gasteiger partial charge in [-0.25, -0.2) is 4.79 Å². The van der Waals surface area contributed by atoms with Crippen molar-refractivity contribution in [2.45, 2.75) is 57.4 Å². The van der Waals surface area contributed by atoms with Crippen molar-refractivity contribution < 1.29 is 40.7 Å². The highest BCUT2D eigenvalue weighted by Gasteiger charge is 2.41. The highest BCUT2D eigenvalue weighted by molar-refractivity contribution is 6.42. The Bertz CT molecular complexity index is 1430. The minimum absolute atomic E-state index is 0.0164. The number of rotatable bonds is 5. The number of benzene rings is 2. The number of hydrogen-bond acceptors (Lipinski definition) is 3. The standard InChI is InChI=1S/C31H34Cl2F6N4O3/c1-4-43(23-15-21(30(34,35)36)14-22(16-23)31(37,38)39)29(46)40(3)27-9-12-42(17-24(27)20-5-6-25(32)26(33)13-20)28(45)19-7-10-41(11-8-19)18(2)44/h5-6,13-16,19,24,27H,4,7-12,17H2,1-3H3. The monoisotopic (exact) mass is 694 g/mol. The lowest BCUT2D eigenvalue weighted by molar-refractivity contribution is -0.143. The number of carbonyl (C=O) groups excluding carboxylic acids is 3. The Morgan fingerprint density at radius 3 is 1.91 bits per heavy atom. The van der Waals surface area contributed by atoms with Gasteiger partial charge in [-0.15, -0.1) is 0 Å². The van der Waals surface area contributed by atoms with E-state index in [-0.39, 0.29) is 59.9 Å². The van der Waals surface area contributed by atoms with Gasteiger partial charge in [0.15, 0.2) is 0 Å². The Kier molecular flexibility index (Phi) is 10.8. The molecule has 4 amide bonds. The predicted octanol–water partition coefficient (Wildman–Crippen LogP) is 7.55.